The van der Waals surface area contributed by atoms with Crippen LogP contribution < -0.4 is 9.47 Å². The maximum atomic E-state index is 6.90. The minimum Gasteiger partial charge on any atom is -0.457 e. The van der Waals surface area contributed by atoms with Crippen molar-refractivity contribution < 1.29 is 9.47 Å². The van der Waals surface area contributed by atoms with Crippen LogP contribution in [-0.2, 0) is 5.41 Å². The molecule has 4 aliphatic rings. The van der Waals surface area contributed by atoms with Crippen LogP contribution in [0.15, 0.2) is 162 Å². The van der Waals surface area contributed by atoms with Gasteiger partial charge in [0.1, 0.15) is 23.0 Å². The molecule has 238 valence electrons. The molecule has 0 radical (unpaired) electrons. The van der Waals surface area contributed by atoms with Crippen LogP contribution in [0.4, 0.5) is 0 Å². The third-order valence-electron chi connectivity index (χ3n) is 10.9. The average Bonchev–Trinajstić information content (AvgIpc) is 3.72. The van der Waals surface area contributed by atoms with E-state index >= 15 is 0 Å². The number of benzene rings is 5. The third-order valence-corrected chi connectivity index (χ3v) is 10.9. The monoisotopic (exact) mass is 645 g/mol. The number of hydrogen-bond acceptors (Lipinski definition) is 3. The molecule has 0 amide bonds. The molecule has 0 saturated heterocycles. The molecular formula is C45H31N3O2. The predicted octanol–water partition coefficient (Wildman–Crippen LogP) is 10.8. The van der Waals surface area contributed by atoms with Gasteiger partial charge in [-0.1, -0.05) is 85.8 Å². The SMILES string of the molecule is CC1C=CC2=C(C1)C1(c3ccc(-c4cccc(C5=NC=C5)c4)cc3O2)c2ccccc2Oc2cc(-n3c4ccccc4c4[nH]ccc43)ccc21. The van der Waals surface area contributed by atoms with Gasteiger partial charge in [0.25, 0.3) is 0 Å². The highest BCUT2D eigenvalue weighted by atomic mass is 16.5. The number of ether oxygens (including phenoxy) is 2. The lowest BCUT2D eigenvalue weighted by Gasteiger charge is -2.47. The van der Waals surface area contributed by atoms with Gasteiger partial charge in [-0.05, 0) is 77.6 Å². The van der Waals surface area contributed by atoms with Gasteiger partial charge >= 0.3 is 0 Å². The van der Waals surface area contributed by atoms with Crippen molar-refractivity contribution in [2.45, 2.75) is 18.8 Å². The minimum atomic E-state index is -0.599. The summed E-state index contributed by atoms with van der Waals surface area (Å²) in [6, 6.07) is 41.4. The summed E-state index contributed by atoms with van der Waals surface area (Å²) in [6.07, 6.45) is 11.2. The summed E-state index contributed by atoms with van der Waals surface area (Å²) in [5.74, 6) is 3.88. The first-order chi connectivity index (χ1) is 24.7. The van der Waals surface area contributed by atoms with Gasteiger partial charge in [0.15, 0.2) is 0 Å². The Morgan fingerprint density at radius 2 is 1.48 bits per heavy atom. The summed E-state index contributed by atoms with van der Waals surface area (Å²) in [5.41, 5.74) is 12.9. The molecule has 11 rings (SSSR count). The highest BCUT2D eigenvalue weighted by Gasteiger charge is 2.52. The van der Waals surface area contributed by atoms with Crippen LogP contribution in [0.5, 0.6) is 17.2 Å². The molecule has 2 aromatic heterocycles. The molecule has 1 aliphatic carbocycles. The van der Waals surface area contributed by atoms with Gasteiger partial charge in [0.2, 0.25) is 0 Å². The van der Waals surface area contributed by atoms with E-state index in [4.69, 9.17) is 9.47 Å². The number of aromatic amines is 1. The van der Waals surface area contributed by atoms with E-state index in [1.165, 1.54) is 11.0 Å². The summed E-state index contributed by atoms with van der Waals surface area (Å²) in [5, 5.41) is 1.20. The van der Waals surface area contributed by atoms with Gasteiger partial charge in [-0.3, -0.25) is 4.99 Å². The van der Waals surface area contributed by atoms with Gasteiger partial charge in [-0.15, -0.1) is 0 Å². The maximum absolute atomic E-state index is 6.90. The molecule has 5 aromatic carbocycles. The van der Waals surface area contributed by atoms with Crippen molar-refractivity contribution in [1.29, 1.82) is 0 Å². The Labute approximate surface area is 289 Å². The molecule has 1 spiro atoms. The van der Waals surface area contributed by atoms with Crippen LogP contribution in [-0.4, -0.2) is 15.3 Å². The lowest BCUT2D eigenvalue weighted by molar-refractivity contribution is 0.360. The van der Waals surface area contributed by atoms with E-state index < -0.39 is 5.41 Å². The Morgan fingerprint density at radius 3 is 2.38 bits per heavy atom. The van der Waals surface area contributed by atoms with Crippen LogP contribution in [0.2, 0.25) is 0 Å². The van der Waals surface area contributed by atoms with Gasteiger partial charge < -0.3 is 19.0 Å². The summed E-state index contributed by atoms with van der Waals surface area (Å²) in [7, 11) is 0. The van der Waals surface area contributed by atoms with Gasteiger partial charge in [-0.25, -0.2) is 0 Å². The Kier molecular flexibility index (Phi) is 5.57. The van der Waals surface area contributed by atoms with E-state index in [2.05, 4.69) is 149 Å². The number of H-pyrrole nitrogens is 1. The van der Waals surface area contributed by atoms with E-state index in [-0.39, 0.29) is 0 Å². The maximum Gasteiger partial charge on any atom is 0.134 e. The highest BCUT2D eigenvalue weighted by molar-refractivity contribution is 6.12. The number of allylic oxidation sites excluding steroid dienone is 4. The van der Waals surface area contributed by atoms with E-state index in [9.17, 15) is 0 Å². The number of para-hydroxylation sites is 2. The first kappa shape index (κ1) is 27.6. The van der Waals surface area contributed by atoms with E-state index in [1.807, 2.05) is 18.5 Å². The topological polar surface area (TPSA) is 51.5 Å². The second-order valence-corrected chi connectivity index (χ2v) is 13.7. The largest absolute Gasteiger partial charge is 0.457 e. The summed E-state index contributed by atoms with van der Waals surface area (Å²) in [6.45, 7) is 2.29. The van der Waals surface area contributed by atoms with Crippen molar-refractivity contribution in [3.8, 4) is 34.1 Å². The van der Waals surface area contributed by atoms with Crippen molar-refractivity contribution >= 4 is 27.6 Å². The van der Waals surface area contributed by atoms with Crippen LogP contribution >= 0.6 is 0 Å². The molecule has 5 nitrogen and oxygen atoms in total. The van der Waals surface area contributed by atoms with Crippen LogP contribution in [0.1, 0.15) is 35.6 Å². The van der Waals surface area contributed by atoms with E-state index in [0.717, 1.165) is 90.8 Å². The number of aromatic nitrogens is 2. The number of fused-ring (bicyclic) bond motifs is 10. The fraction of sp³-hybridized carbons (Fsp3) is 0.0889. The Morgan fingerprint density at radius 1 is 0.700 bits per heavy atom. The van der Waals surface area contributed by atoms with Crippen molar-refractivity contribution in [1.82, 2.24) is 9.55 Å². The zero-order chi connectivity index (χ0) is 33.0. The smallest absolute Gasteiger partial charge is 0.134 e. The second-order valence-electron chi connectivity index (χ2n) is 13.7. The summed E-state index contributed by atoms with van der Waals surface area (Å²) >= 11 is 0. The minimum absolute atomic E-state index is 0.368. The molecule has 1 N–H and O–H groups in total. The number of aliphatic imine (C=N–C) groups is 1. The van der Waals surface area contributed by atoms with Crippen LogP contribution in [0.25, 0.3) is 38.8 Å². The van der Waals surface area contributed by atoms with Crippen LogP contribution in [0, 0.1) is 5.92 Å². The molecule has 50 heavy (non-hydrogen) atoms. The first-order valence-electron chi connectivity index (χ1n) is 17.2. The predicted molar refractivity (Wildman–Crippen MR) is 200 cm³/mol. The molecule has 5 heteroatoms. The van der Waals surface area contributed by atoms with E-state index in [1.54, 1.807) is 0 Å². The zero-order valence-electron chi connectivity index (χ0n) is 27.4. The van der Waals surface area contributed by atoms with E-state index in [0.29, 0.717) is 5.92 Å². The quantitative estimate of drug-likeness (QED) is 0.208. The summed E-state index contributed by atoms with van der Waals surface area (Å²) in [4.78, 5) is 7.89. The number of hydrogen-bond donors (Lipinski definition) is 1. The number of nitrogens with one attached hydrogen (secondary N) is 1. The Balaban J connectivity index is 1.16. The molecule has 2 unspecified atom stereocenters. The standard InChI is InChI=1S/C45H31N3O2/c1-27-13-18-41-36(23-27)45(34-16-14-29(25-42(34)50-41)28-7-6-8-30(24-28)37-19-21-46-37)33-10-3-5-12-40(33)49-43-26-31(15-17-35(43)45)48-38-11-4-2-9-32(38)44-39(48)20-22-47-44/h2-22,24-27,47H,23H2,1H3. The fourth-order valence-corrected chi connectivity index (χ4v) is 8.67. The van der Waals surface area contributed by atoms with Crippen molar-refractivity contribution in [2.24, 2.45) is 10.9 Å². The van der Waals surface area contributed by atoms with Gasteiger partial charge in [-0.2, -0.15) is 0 Å². The first-order valence-corrected chi connectivity index (χ1v) is 17.2. The summed E-state index contributed by atoms with van der Waals surface area (Å²) < 4.78 is 16.1. The number of rotatable bonds is 3. The molecule has 7 aromatic rings. The number of nitrogens with zero attached hydrogens (tertiary/aromatic N) is 2. The lowest BCUT2D eigenvalue weighted by atomic mass is 9.59. The lowest BCUT2D eigenvalue weighted by Crippen LogP contribution is -2.40. The normalized spacial score (nSPS) is 19.7. The molecule has 0 saturated carbocycles. The van der Waals surface area contributed by atoms with Crippen molar-refractivity contribution in [3.63, 3.8) is 0 Å². The van der Waals surface area contributed by atoms with Crippen molar-refractivity contribution in [3.05, 3.63) is 179 Å². The van der Waals surface area contributed by atoms with Gasteiger partial charge in [0.05, 0.1) is 27.7 Å². The molecule has 5 heterocycles. The van der Waals surface area contributed by atoms with Gasteiger partial charge in [0, 0.05) is 51.8 Å². The second kappa shape index (κ2) is 10.1. The van der Waals surface area contributed by atoms with Crippen LogP contribution in [0.3, 0.4) is 0 Å². The Hall–Kier alpha value is -6.33. The molecule has 3 aliphatic heterocycles. The molecule has 0 fully saturated rings. The highest BCUT2D eigenvalue weighted by Crippen LogP contribution is 2.62. The Bertz CT molecular complexity index is 2720. The third kappa shape index (κ3) is 3.69. The molecular weight excluding hydrogens is 615 g/mol. The van der Waals surface area contributed by atoms with Crippen molar-refractivity contribution in [2.75, 3.05) is 0 Å². The molecule has 2 atom stereocenters. The molecule has 0 bridgehead atoms. The zero-order valence-corrected chi connectivity index (χ0v) is 27.4. The average molecular weight is 646 g/mol. The fourth-order valence-electron chi connectivity index (χ4n) is 8.67.